The number of anilines is 1. The van der Waals surface area contributed by atoms with Gasteiger partial charge in [-0.2, -0.15) is 0 Å². The van der Waals surface area contributed by atoms with E-state index in [1.807, 2.05) is 25.1 Å². The molecule has 0 spiro atoms. The number of carbonyl (C=O) groups excluding carboxylic acids is 1. The van der Waals surface area contributed by atoms with E-state index in [2.05, 4.69) is 5.32 Å². The summed E-state index contributed by atoms with van der Waals surface area (Å²) in [5.74, 6) is -1.19. The Hall–Kier alpha value is -2.49. The van der Waals surface area contributed by atoms with E-state index >= 15 is 0 Å². The molecule has 0 radical (unpaired) electrons. The maximum absolute atomic E-state index is 12.0. The minimum absolute atomic E-state index is 0.0400. The average Bonchev–Trinajstić information content (AvgIpc) is 2.35. The molecule has 4 heteroatoms. The van der Waals surface area contributed by atoms with Crippen LogP contribution in [0.15, 0.2) is 42.5 Å². The van der Waals surface area contributed by atoms with Crippen LogP contribution in [0.5, 0.6) is 11.5 Å². The van der Waals surface area contributed by atoms with Gasteiger partial charge < -0.3 is 15.5 Å². The molecule has 2 aromatic rings. The van der Waals surface area contributed by atoms with Crippen LogP contribution in [0.25, 0.3) is 0 Å². The van der Waals surface area contributed by atoms with Crippen molar-refractivity contribution < 1.29 is 15.0 Å². The highest BCUT2D eigenvalue weighted by Crippen LogP contribution is 2.28. The zero-order valence-electron chi connectivity index (χ0n) is 9.84. The van der Waals surface area contributed by atoms with Gasteiger partial charge in [0.1, 0.15) is 0 Å². The summed E-state index contributed by atoms with van der Waals surface area (Å²) in [5, 5.41) is 21.6. The number of phenolic OH excluding ortho intramolecular Hbond substituents is 2. The average molecular weight is 243 g/mol. The van der Waals surface area contributed by atoms with Gasteiger partial charge in [-0.3, -0.25) is 4.79 Å². The second-order valence-corrected chi connectivity index (χ2v) is 3.94. The van der Waals surface area contributed by atoms with E-state index in [1.54, 1.807) is 6.07 Å². The molecular weight excluding hydrogens is 230 g/mol. The maximum Gasteiger partial charge on any atom is 0.259 e. The van der Waals surface area contributed by atoms with Crippen molar-refractivity contribution in [2.75, 3.05) is 5.32 Å². The standard InChI is InChI=1S/C14H13NO3/c1-9-5-2-3-7-11(9)15-14(18)10-6-4-8-12(16)13(10)17/h2-8,16-17H,1H3,(H,15,18). The minimum Gasteiger partial charge on any atom is -0.504 e. The van der Waals surface area contributed by atoms with Gasteiger partial charge in [-0.25, -0.2) is 0 Å². The molecule has 0 heterocycles. The molecule has 0 fully saturated rings. The fourth-order valence-electron chi connectivity index (χ4n) is 1.62. The zero-order chi connectivity index (χ0) is 13.1. The third-order valence-electron chi connectivity index (χ3n) is 2.65. The summed E-state index contributed by atoms with van der Waals surface area (Å²) in [6.07, 6.45) is 0. The SMILES string of the molecule is Cc1ccccc1NC(=O)c1cccc(O)c1O. The van der Waals surface area contributed by atoms with Crippen LogP contribution in [-0.4, -0.2) is 16.1 Å². The van der Waals surface area contributed by atoms with Gasteiger partial charge in [0, 0.05) is 5.69 Å². The van der Waals surface area contributed by atoms with Crippen molar-refractivity contribution in [3.8, 4) is 11.5 Å². The molecule has 0 saturated heterocycles. The fourth-order valence-corrected chi connectivity index (χ4v) is 1.62. The second kappa shape index (κ2) is 4.79. The van der Waals surface area contributed by atoms with Gasteiger partial charge in [0.25, 0.3) is 5.91 Å². The molecule has 0 saturated carbocycles. The normalized spacial score (nSPS) is 10.1. The van der Waals surface area contributed by atoms with Gasteiger partial charge in [-0.05, 0) is 30.7 Å². The molecule has 2 aromatic carbocycles. The molecule has 0 atom stereocenters. The number of aryl methyl sites for hydroxylation is 1. The fraction of sp³-hybridized carbons (Fsp3) is 0.0714. The lowest BCUT2D eigenvalue weighted by molar-refractivity contribution is 0.102. The van der Waals surface area contributed by atoms with Crippen molar-refractivity contribution in [2.45, 2.75) is 6.92 Å². The quantitative estimate of drug-likeness (QED) is 0.710. The van der Waals surface area contributed by atoms with Gasteiger partial charge in [0.05, 0.1) is 5.56 Å². The van der Waals surface area contributed by atoms with Crippen LogP contribution in [-0.2, 0) is 0 Å². The molecule has 0 aliphatic rings. The summed E-state index contributed by atoms with van der Waals surface area (Å²) in [6, 6.07) is 11.6. The molecule has 0 aromatic heterocycles. The molecule has 0 aliphatic carbocycles. The first-order valence-electron chi connectivity index (χ1n) is 5.47. The zero-order valence-corrected chi connectivity index (χ0v) is 9.84. The third-order valence-corrected chi connectivity index (χ3v) is 2.65. The minimum atomic E-state index is -0.460. The Bertz CT molecular complexity index is 593. The Kier molecular flexibility index (Phi) is 3.19. The molecule has 18 heavy (non-hydrogen) atoms. The summed E-state index contributed by atoms with van der Waals surface area (Å²) in [6.45, 7) is 1.87. The summed E-state index contributed by atoms with van der Waals surface area (Å²) in [4.78, 5) is 12.0. The summed E-state index contributed by atoms with van der Waals surface area (Å²) in [7, 11) is 0. The molecule has 3 N–H and O–H groups in total. The number of nitrogens with one attached hydrogen (secondary N) is 1. The summed E-state index contributed by atoms with van der Waals surface area (Å²) >= 11 is 0. The number of hydrogen-bond donors (Lipinski definition) is 3. The molecule has 92 valence electrons. The van der Waals surface area contributed by atoms with E-state index in [0.717, 1.165) is 5.56 Å². The molecular formula is C14H13NO3. The van der Waals surface area contributed by atoms with Crippen LogP contribution < -0.4 is 5.32 Å². The van der Waals surface area contributed by atoms with E-state index in [4.69, 9.17) is 0 Å². The maximum atomic E-state index is 12.0. The lowest BCUT2D eigenvalue weighted by Gasteiger charge is -2.09. The first kappa shape index (κ1) is 12.0. The Morgan fingerprint density at radius 3 is 2.50 bits per heavy atom. The van der Waals surface area contributed by atoms with Crippen molar-refractivity contribution in [1.82, 2.24) is 0 Å². The third kappa shape index (κ3) is 2.27. The highest BCUT2D eigenvalue weighted by molar-refractivity contribution is 6.06. The van der Waals surface area contributed by atoms with E-state index in [1.165, 1.54) is 18.2 Å². The van der Waals surface area contributed by atoms with E-state index < -0.39 is 11.7 Å². The summed E-state index contributed by atoms with van der Waals surface area (Å²) in [5.41, 5.74) is 1.63. The lowest BCUT2D eigenvalue weighted by Crippen LogP contribution is -2.12. The number of hydrogen-bond acceptors (Lipinski definition) is 3. The van der Waals surface area contributed by atoms with Gasteiger partial charge in [-0.1, -0.05) is 24.3 Å². The Morgan fingerprint density at radius 1 is 1.06 bits per heavy atom. The Morgan fingerprint density at radius 2 is 1.78 bits per heavy atom. The van der Waals surface area contributed by atoms with Crippen LogP contribution in [0.1, 0.15) is 15.9 Å². The second-order valence-electron chi connectivity index (χ2n) is 3.94. The van der Waals surface area contributed by atoms with Crippen LogP contribution in [0, 0.1) is 6.92 Å². The number of phenols is 2. The van der Waals surface area contributed by atoms with Crippen LogP contribution >= 0.6 is 0 Å². The van der Waals surface area contributed by atoms with Crippen molar-refractivity contribution in [2.24, 2.45) is 0 Å². The van der Waals surface area contributed by atoms with E-state index in [9.17, 15) is 15.0 Å². The number of para-hydroxylation sites is 2. The number of benzene rings is 2. The van der Waals surface area contributed by atoms with Gasteiger partial charge in [-0.15, -0.1) is 0 Å². The highest BCUT2D eigenvalue weighted by atomic mass is 16.3. The largest absolute Gasteiger partial charge is 0.504 e. The van der Waals surface area contributed by atoms with Crippen molar-refractivity contribution >= 4 is 11.6 Å². The molecule has 0 unspecified atom stereocenters. The van der Waals surface area contributed by atoms with E-state index in [-0.39, 0.29) is 11.3 Å². The Labute approximate surface area is 105 Å². The molecule has 2 rings (SSSR count). The highest BCUT2D eigenvalue weighted by Gasteiger charge is 2.14. The van der Waals surface area contributed by atoms with Crippen LogP contribution in [0.4, 0.5) is 5.69 Å². The van der Waals surface area contributed by atoms with Gasteiger partial charge in [0.2, 0.25) is 0 Å². The smallest absolute Gasteiger partial charge is 0.259 e. The number of amides is 1. The van der Waals surface area contributed by atoms with Gasteiger partial charge >= 0.3 is 0 Å². The monoisotopic (exact) mass is 243 g/mol. The predicted molar refractivity (Wildman–Crippen MR) is 68.9 cm³/mol. The van der Waals surface area contributed by atoms with Crippen LogP contribution in [0.2, 0.25) is 0 Å². The number of aromatic hydroxyl groups is 2. The lowest BCUT2D eigenvalue weighted by atomic mass is 10.1. The van der Waals surface area contributed by atoms with Crippen molar-refractivity contribution in [3.05, 3.63) is 53.6 Å². The predicted octanol–water partition coefficient (Wildman–Crippen LogP) is 2.66. The first-order valence-corrected chi connectivity index (χ1v) is 5.47. The number of carbonyl (C=O) groups is 1. The Balaban J connectivity index is 2.28. The van der Waals surface area contributed by atoms with Crippen molar-refractivity contribution in [1.29, 1.82) is 0 Å². The van der Waals surface area contributed by atoms with E-state index in [0.29, 0.717) is 5.69 Å². The van der Waals surface area contributed by atoms with Crippen molar-refractivity contribution in [3.63, 3.8) is 0 Å². The first-order chi connectivity index (χ1) is 8.59. The molecule has 4 nitrogen and oxygen atoms in total. The summed E-state index contributed by atoms with van der Waals surface area (Å²) < 4.78 is 0. The molecule has 1 amide bonds. The van der Waals surface area contributed by atoms with Gasteiger partial charge in [0.15, 0.2) is 11.5 Å². The molecule has 0 aliphatic heterocycles. The van der Waals surface area contributed by atoms with Crippen LogP contribution in [0.3, 0.4) is 0 Å². The topological polar surface area (TPSA) is 69.6 Å². The number of rotatable bonds is 2. The molecule has 0 bridgehead atoms.